The molecule has 8 atom stereocenters. The Morgan fingerprint density at radius 3 is 2.61 bits per heavy atom. The van der Waals surface area contributed by atoms with Crippen LogP contribution in [0.4, 0.5) is 5.82 Å². The second kappa shape index (κ2) is 19.7. The van der Waals surface area contributed by atoms with Crippen LogP contribution < -0.4 is 25.0 Å². The minimum atomic E-state index is -0.664. The molecule has 6 aliphatic rings. The predicted octanol–water partition coefficient (Wildman–Crippen LogP) is 9.40. The molecule has 0 radical (unpaired) electrons. The fourth-order valence-electron chi connectivity index (χ4n) is 13.7. The van der Waals surface area contributed by atoms with Crippen molar-refractivity contribution in [1.29, 1.82) is 0 Å². The highest BCUT2D eigenvalue weighted by molar-refractivity contribution is 7.13. The number of aromatic hydroxyl groups is 1. The Morgan fingerprint density at radius 1 is 0.987 bits per heavy atom. The molecule has 13 rings (SSSR count). The van der Waals surface area contributed by atoms with Crippen molar-refractivity contribution >= 4 is 50.6 Å². The van der Waals surface area contributed by atoms with E-state index in [1.165, 1.54) is 5.56 Å². The number of amides is 2. The van der Waals surface area contributed by atoms with Gasteiger partial charge in [0.2, 0.25) is 11.8 Å². The number of rotatable bonds is 12. The number of phenolic OH excluding ortho intramolecular Hbond substituents is 1. The Kier molecular flexibility index (Phi) is 12.7. The van der Waals surface area contributed by atoms with Gasteiger partial charge in [0.1, 0.15) is 36.2 Å². The number of pyridine rings is 1. The first kappa shape index (κ1) is 49.4. The topological polar surface area (TPSA) is 184 Å². The monoisotopic (exact) mass is 1050 g/mol. The number of hydrogen-bond acceptors (Lipinski definition) is 15. The van der Waals surface area contributed by atoms with E-state index in [1.54, 1.807) is 22.3 Å². The number of aryl methyl sites for hydroxylation is 1. The molecular formula is C60H64N10O6S. The molecule has 5 aliphatic heterocycles. The molecule has 16 nitrogen and oxygen atoms in total. The zero-order valence-electron chi connectivity index (χ0n) is 44.2. The lowest BCUT2D eigenvalue weighted by Crippen LogP contribution is -2.51. The van der Waals surface area contributed by atoms with Gasteiger partial charge in [0.15, 0.2) is 5.76 Å². The van der Waals surface area contributed by atoms with Gasteiger partial charge in [0.25, 0.3) is 5.88 Å². The molecule has 5 unspecified atom stereocenters. The number of hydrogen-bond donors (Lipinski definition) is 3. The third kappa shape index (κ3) is 8.82. The molecule has 4 aromatic heterocycles. The van der Waals surface area contributed by atoms with Crippen molar-refractivity contribution < 1.29 is 28.7 Å². The second-order valence-corrected chi connectivity index (χ2v) is 23.5. The molecule has 3 aromatic carbocycles. The summed E-state index contributed by atoms with van der Waals surface area (Å²) in [5.74, 6) is 3.87. The minimum Gasteiger partial charge on any atom is -0.508 e. The summed E-state index contributed by atoms with van der Waals surface area (Å²) in [6, 6.07) is 20.1. The van der Waals surface area contributed by atoms with Crippen molar-refractivity contribution in [1.82, 2.24) is 45.5 Å². The molecule has 2 bridgehead atoms. The van der Waals surface area contributed by atoms with Crippen LogP contribution in [0.2, 0.25) is 0 Å². The summed E-state index contributed by atoms with van der Waals surface area (Å²) in [6.07, 6.45) is 12.2. The highest BCUT2D eigenvalue weighted by Gasteiger charge is 2.50. The van der Waals surface area contributed by atoms with Crippen molar-refractivity contribution in [3.05, 3.63) is 101 Å². The molecule has 5 fully saturated rings. The van der Waals surface area contributed by atoms with E-state index >= 15 is 0 Å². The van der Waals surface area contributed by atoms with E-state index in [9.17, 15) is 14.7 Å². The van der Waals surface area contributed by atoms with E-state index in [0.717, 1.165) is 131 Å². The van der Waals surface area contributed by atoms with Gasteiger partial charge in [-0.05, 0) is 122 Å². The van der Waals surface area contributed by atoms with Crippen LogP contribution in [0.5, 0.6) is 17.6 Å². The van der Waals surface area contributed by atoms with Gasteiger partial charge >= 0.3 is 6.01 Å². The first-order valence-corrected chi connectivity index (χ1v) is 28.4. The molecule has 0 saturated carbocycles. The van der Waals surface area contributed by atoms with Crippen molar-refractivity contribution in [2.24, 2.45) is 5.92 Å². The Hall–Kier alpha value is -7.13. The van der Waals surface area contributed by atoms with Gasteiger partial charge in [-0.15, -0.1) is 11.3 Å². The van der Waals surface area contributed by atoms with Gasteiger partial charge in [0.05, 0.1) is 50.3 Å². The average Bonchev–Trinajstić information content (AvgIpc) is 4.47. The number of nitrogens with zero attached hydrogens (tertiary/aromatic N) is 8. The molecule has 1 aliphatic carbocycles. The number of nitrogens with one attached hydrogen (secondary N) is 2. The first-order chi connectivity index (χ1) is 37.4. The fraction of sp³-hybridized carbons (Fsp3) is 0.450. The third-order valence-electron chi connectivity index (χ3n) is 17.5. The molecule has 0 spiro atoms. The van der Waals surface area contributed by atoms with Gasteiger partial charge < -0.3 is 39.5 Å². The van der Waals surface area contributed by atoms with Crippen LogP contribution >= 0.6 is 11.3 Å². The van der Waals surface area contributed by atoms with Crippen molar-refractivity contribution in [3.8, 4) is 51.4 Å². The van der Waals surface area contributed by atoms with E-state index in [-0.39, 0.29) is 52.9 Å². The van der Waals surface area contributed by atoms with Crippen LogP contribution in [0.1, 0.15) is 125 Å². The number of fused-ring (bicyclic) bond motifs is 7. The molecule has 77 heavy (non-hydrogen) atoms. The lowest BCUT2D eigenvalue weighted by molar-refractivity contribution is -0.141. The first-order valence-electron chi connectivity index (χ1n) is 27.5. The number of phenols is 1. The van der Waals surface area contributed by atoms with Crippen LogP contribution in [0, 0.1) is 24.9 Å². The molecule has 9 heterocycles. The fourth-order valence-corrected chi connectivity index (χ4v) is 14.5. The van der Waals surface area contributed by atoms with E-state index in [0.29, 0.717) is 43.4 Å². The van der Waals surface area contributed by atoms with Gasteiger partial charge in [0, 0.05) is 67.6 Å². The molecule has 2 amide bonds. The van der Waals surface area contributed by atoms with Gasteiger partial charge in [-0.2, -0.15) is 9.97 Å². The minimum absolute atomic E-state index is 0.00704. The number of aromatic nitrogens is 5. The molecule has 17 heteroatoms. The summed E-state index contributed by atoms with van der Waals surface area (Å²) in [4.78, 5) is 55.9. The average molecular weight is 1050 g/mol. The van der Waals surface area contributed by atoms with E-state index in [4.69, 9.17) is 28.9 Å². The Bertz CT molecular complexity index is 3500. The molecular weight excluding hydrogens is 989 g/mol. The Morgan fingerprint density at radius 2 is 1.82 bits per heavy atom. The highest BCUT2D eigenvalue weighted by atomic mass is 32.1. The van der Waals surface area contributed by atoms with E-state index in [1.807, 2.05) is 69.7 Å². The second-order valence-electron chi connectivity index (χ2n) is 22.6. The van der Waals surface area contributed by atoms with Crippen molar-refractivity contribution in [2.75, 3.05) is 37.7 Å². The SMILES string of the molecule is Cc1ncsc1-c1ccc([C@H](C)NC(=O)[C@@H]2CCCN2C(=O)[C@@H](c2cc(OC#CC3CCC4(COc5nc(N6CC7CCC(C6)N7)c6cnc7c(c6n5)C(C)c5cccc6cc(O)cc-7c56)CCCN34)no2)C(C)C)cc1. The smallest absolute Gasteiger partial charge is 0.319 e. The van der Waals surface area contributed by atoms with Crippen molar-refractivity contribution in [2.45, 2.75) is 134 Å². The highest BCUT2D eigenvalue weighted by Crippen LogP contribution is 2.49. The summed E-state index contributed by atoms with van der Waals surface area (Å²) in [5, 5.41) is 25.0. The summed E-state index contributed by atoms with van der Waals surface area (Å²) < 4.78 is 18.6. The number of carbonyl (C=O) groups is 2. The molecule has 5 saturated heterocycles. The molecule has 396 valence electrons. The van der Waals surface area contributed by atoms with E-state index < -0.39 is 12.0 Å². The summed E-state index contributed by atoms with van der Waals surface area (Å²) in [6.45, 7) is 13.6. The lowest BCUT2D eigenvalue weighted by atomic mass is 9.79. The maximum atomic E-state index is 14.4. The lowest BCUT2D eigenvalue weighted by Gasteiger charge is -2.35. The van der Waals surface area contributed by atoms with Crippen LogP contribution in [0.3, 0.4) is 0 Å². The van der Waals surface area contributed by atoms with E-state index in [2.05, 4.69) is 73.8 Å². The van der Waals surface area contributed by atoms with Crippen LogP contribution in [-0.2, 0) is 9.59 Å². The number of ether oxygens (including phenoxy) is 2. The largest absolute Gasteiger partial charge is 0.508 e. The zero-order chi connectivity index (χ0) is 52.7. The maximum Gasteiger partial charge on any atom is 0.319 e. The Balaban J connectivity index is 0.694. The number of benzene rings is 3. The van der Waals surface area contributed by atoms with Crippen LogP contribution in [0.15, 0.2) is 76.9 Å². The normalized spacial score (nSPS) is 24.2. The van der Waals surface area contributed by atoms with Gasteiger partial charge in [-0.25, -0.2) is 4.98 Å². The summed E-state index contributed by atoms with van der Waals surface area (Å²) >= 11 is 1.61. The predicted molar refractivity (Wildman–Crippen MR) is 295 cm³/mol. The van der Waals surface area contributed by atoms with Gasteiger partial charge in [-0.3, -0.25) is 19.5 Å². The quantitative estimate of drug-likeness (QED) is 0.0984. The summed E-state index contributed by atoms with van der Waals surface area (Å²) in [7, 11) is 0. The number of thiazole rings is 1. The van der Waals surface area contributed by atoms with Crippen molar-refractivity contribution in [3.63, 3.8) is 0 Å². The zero-order valence-corrected chi connectivity index (χ0v) is 45.0. The number of likely N-dealkylation sites (tertiary alicyclic amines) is 1. The molecule has 7 aromatic rings. The standard InChI is InChI=1S/C60H64N10O6S/c1-33(2)50(58(73)69-22-7-11-47(69)57(72)63-35(4)37-12-14-38(15-13-37)55-36(5)62-32-77-55)48-27-49(67-76-48)74-24-19-42-18-21-60(20-8-23-70(42)60)31-75-59-65-54-46(56(66-59)68-29-40-16-17-41(30-68)64-40)28-61-53-45-26-43(71)25-39-9-6-10-44(52(39)45)34(3)51(53)54/h6,9-10,12-15,25-28,32-35,40-42,47,50,64,71H,7-8,11,16-18,20-23,29-31H2,1-5H3,(H,63,72)/t34?,35-,40?,41?,42?,47-,50+,60?/m0/s1. The van der Waals surface area contributed by atoms with Crippen LogP contribution in [-0.4, -0.2) is 114 Å². The Labute approximate surface area is 452 Å². The number of piperazine rings is 1. The summed E-state index contributed by atoms with van der Waals surface area (Å²) in [5.41, 5.74) is 9.47. The van der Waals surface area contributed by atoms with Gasteiger partial charge in [-0.1, -0.05) is 63.2 Å². The maximum absolute atomic E-state index is 14.4. The number of anilines is 1. The van der Waals surface area contributed by atoms with Crippen LogP contribution in [0.25, 0.3) is 43.4 Å². The number of carbonyl (C=O) groups excluding carboxylic acids is 2. The molecule has 3 N–H and O–H groups in total. The third-order valence-corrected chi connectivity index (χ3v) is 18.5.